The van der Waals surface area contributed by atoms with Crippen molar-refractivity contribution in [3.63, 3.8) is 0 Å². The standard InChI is InChI=1S/C11H23NO/c1-8(2)13-10(4)11-9(3)6-7-12(11)5/h8-11H,6-7H2,1-5H3/t9-,10-,11-/m0/s1. The molecule has 0 bridgehead atoms. The van der Waals surface area contributed by atoms with Gasteiger partial charge in [0.15, 0.2) is 0 Å². The second-order valence-corrected chi connectivity index (χ2v) is 4.63. The molecule has 1 aliphatic heterocycles. The molecule has 2 nitrogen and oxygen atoms in total. The lowest BCUT2D eigenvalue weighted by Crippen LogP contribution is -2.40. The SMILES string of the molecule is CC(C)O[C@@H](C)[C@@H]1[C@@H](C)CCN1C. The van der Waals surface area contributed by atoms with Crippen molar-refractivity contribution in [3.8, 4) is 0 Å². The molecule has 0 aromatic heterocycles. The third kappa shape index (κ3) is 2.68. The van der Waals surface area contributed by atoms with E-state index in [9.17, 15) is 0 Å². The van der Waals surface area contributed by atoms with Crippen molar-refractivity contribution in [2.45, 2.75) is 52.4 Å². The topological polar surface area (TPSA) is 12.5 Å². The fourth-order valence-corrected chi connectivity index (χ4v) is 2.49. The van der Waals surface area contributed by atoms with Crippen LogP contribution in [0.15, 0.2) is 0 Å². The Bertz CT molecular complexity index is 148. The molecule has 2 heteroatoms. The lowest BCUT2D eigenvalue weighted by Gasteiger charge is -2.30. The van der Waals surface area contributed by atoms with Crippen LogP contribution >= 0.6 is 0 Å². The van der Waals surface area contributed by atoms with Gasteiger partial charge in [0.2, 0.25) is 0 Å². The van der Waals surface area contributed by atoms with Crippen molar-refractivity contribution in [3.05, 3.63) is 0 Å². The summed E-state index contributed by atoms with van der Waals surface area (Å²) in [4.78, 5) is 2.43. The minimum atomic E-state index is 0.344. The first-order chi connectivity index (χ1) is 6.02. The Kier molecular flexibility index (Phi) is 3.74. The van der Waals surface area contributed by atoms with Crippen LogP contribution in [-0.2, 0) is 4.74 Å². The zero-order chi connectivity index (χ0) is 10.0. The highest BCUT2D eigenvalue weighted by atomic mass is 16.5. The summed E-state index contributed by atoms with van der Waals surface area (Å²) >= 11 is 0. The van der Waals surface area contributed by atoms with E-state index in [2.05, 4.69) is 39.6 Å². The van der Waals surface area contributed by atoms with Crippen LogP contribution in [0.4, 0.5) is 0 Å². The monoisotopic (exact) mass is 185 g/mol. The van der Waals surface area contributed by atoms with E-state index >= 15 is 0 Å². The Balaban J connectivity index is 2.48. The van der Waals surface area contributed by atoms with Crippen molar-refractivity contribution in [2.75, 3.05) is 13.6 Å². The molecule has 1 rings (SSSR count). The first-order valence-corrected chi connectivity index (χ1v) is 5.38. The molecule has 0 aromatic rings. The van der Waals surface area contributed by atoms with Crippen molar-refractivity contribution >= 4 is 0 Å². The van der Waals surface area contributed by atoms with Crippen molar-refractivity contribution < 1.29 is 4.74 Å². The summed E-state index contributed by atoms with van der Waals surface area (Å²) in [6.07, 6.45) is 2.02. The molecule has 1 heterocycles. The first-order valence-electron chi connectivity index (χ1n) is 5.38. The van der Waals surface area contributed by atoms with Crippen LogP contribution in [0.25, 0.3) is 0 Å². The van der Waals surface area contributed by atoms with Gasteiger partial charge in [-0.25, -0.2) is 0 Å². The summed E-state index contributed by atoms with van der Waals surface area (Å²) in [7, 11) is 2.20. The maximum absolute atomic E-state index is 5.83. The molecule has 3 atom stereocenters. The van der Waals surface area contributed by atoms with Gasteiger partial charge >= 0.3 is 0 Å². The smallest absolute Gasteiger partial charge is 0.0708 e. The normalized spacial score (nSPS) is 32.8. The minimum absolute atomic E-state index is 0.344. The van der Waals surface area contributed by atoms with Gasteiger partial charge in [0.1, 0.15) is 0 Å². The summed E-state index contributed by atoms with van der Waals surface area (Å²) in [5.41, 5.74) is 0. The van der Waals surface area contributed by atoms with Crippen molar-refractivity contribution in [2.24, 2.45) is 5.92 Å². The second-order valence-electron chi connectivity index (χ2n) is 4.63. The number of likely N-dealkylation sites (N-methyl/N-ethyl adjacent to an activating group) is 1. The molecular weight excluding hydrogens is 162 g/mol. The number of ether oxygens (including phenoxy) is 1. The third-order valence-electron chi connectivity index (χ3n) is 3.00. The highest BCUT2D eigenvalue weighted by Gasteiger charge is 2.33. The average molecular weight is 185 g/mol. The van der Waals surface area contributed by atoms with E-state index in [4.69, 9.17) is 4.74 Å². The number of rotatable bonds is 3. The Morgan fingerprint density at radius 3 is 2.31 bits per heavy atom. The van der Waals surface area contributed by atoms with Crippen LogP contribution < -0.4 is 0 Å². The first kappa shape index (κ1) is 11.0. The lowest BCUT2D eigenvalue weighted by atomic mass is 9.98. The summed E-state index contributed by atoms with van der Waals surface area (Å²) in [5.74, 6) is 0.777. The van der Waals surface area contributed by atoms with E-state index in [0.29, 0.717) is 18.2 Å². The minimum Gasteiger partial charge on any atom is -0.374 e. The Morgan fingerprint density at radius 2 is 1.92 bits per heavy atom. The molecule has 0 spiro atoms. The predicted octanol–water partition coefficient (Wildman–Crippen LogP) is 2.14. The molecular formula is C11H23NO. The van der Waals surface area contributed by atoms with Gasteiger partial charge in [0, 0.05) is 6.04 Å². The summed E-state index contributed by atoms with van der Waals surface area (Å²) < 4.78 is 5.83. The van der Waals surface area contributed by atoms with Gasteiger partial charge in [-0.2, -0.15) is 0 Å². The molecule has 0 aromatic carbocycles. The van der Waals surface area contributed by atoms with Gasteiger partial charge in [0.05, 0.1) is 12.2 Å². The average Bonchev–Trinajstić information content (AvgIpc) is 2.29. The van der Waals surface area contributed by atoms with Gasteiger partial charge in [-0.3, -0.25) is 0 Å². The number of hydrogen-bond donors (Lipinski definition) is 0. The van der Waals surface area contributed by atoms with Gasteiger partial charge in [-0.15, -0.1) is 0 Å². The highest BCUT2D eigenvalue weighted by molar-refractivity contribution is 4.87. The molecule has 1 saturated heterocycles. The van der Waals surface area contributed by atoms with Crippen LogP contribution in [0.3, 0.4) is 0 Å². The molecule has 0 N–H and O–H groups in total. The van der Waals surface area contributed by atoms with Crippen molar-refractivity contribution in [1.82, 2.24) is 4.90 Å². The molecule has 0 unspecified atom stereocenters. The molecule has 0 amide bonds. The molecule has 0 saturated carbocycles. The van der Waals surface area contributed by atoms with E-state index in [0.717, 1.165) is 5.92 Å². The maximum atomic E-state index is 5.83. The lowest BCUT2D eigenvalue weighted by molar-refractivity contribution is -0.0286. The van der Waals surface area contributed by atoms with Crippen LogP contribution in [0.5, 0.6) is 0 Å². The van der Waals surface area contributed by atoms with Crippen LogP contribution in [0.1, 0.15) is 34.1 Å². The van der Waals surface area contributed by atoms with Gasteiger partial charge in [-0.05, 0) is 46.7 Å². The van der Waals surface area contributed by atoms with E-state index in [1.807, 2.05) is 0 Å². The third-order valence-corrected chi connectivity index (χ3v) is 3.00. The number of likely N-dealkylation sites (tertiary alicyclic amines) is 1. The van der Waals surface area contributed by atoms with Crippen LogP contribution in [-0.4, -0.2) is 36.7 Å². The van der Waals surface area contributed by atoms with E-state index in [-0.39, 0.29) is 0 Å². The Labute approximate surface area is 82.3 Å². The molecule has 1 fully saturated rings. The quantitative estimate of drug-likeness (QED) is 0.668. The summed E-state index contributed by atoms with van der Waals surface area (Å²) in [6.45, 7) is 9.96. The second kappa shape index (κ2) is 4.43. The fraction of sp³-hybridized carbons (Fsp3) is 1.00. The largest absolute Gasteiger partial charge is 0.374 e. The molecule has 13 heavy (non-hydrogen) atoms. The van der Waals surface area contributed by atoms with Crippen LogP contribution in [0, 0.1) is 5.92 Å². The van der Waals surface area contributed by atoms with Gasteiger partial charge < -0.3 is 9.64 Å². The van der Waals surface area contributed by atoms with E-state index < -0.39 is 0 Å². The molecule has 1 aliphatic rings. The number of nitrogens with zero attached hydrogens (tertiary/aromatic N) is 1. The fourth-order valence-electron chi connectivity index (χ4n) is 2.49. The summed E-state index contributed by atoms with van der Waals surface area (Å²) in [5, 5.41) is 0. The van der Waals surface area contributed by atoms with E-state index in [1.165, 1.54) is 13.0 Å². The van der Waals surface area contributed by atoms with Crippen LogP contribution in [0.2, 0.25) is 0 Å². The van der Waals surface area contributed by atoms with Crippen molar-refractivity contribution in [1.29, 1.82) is 0 Å². The Hall–Kier alpha value is -0.0800. The predicted molar refractivity (Wildman–Crippen MR) is 55.9 cm³/mol. The molecule has 0 aliphatic carbocycles. The van der Waals surface area contributed by atoms with Gasteiger partial charge in [0.25, 0.3) is 0 Å². The number of hydrogen-bond acceptors (Lipinski definition) is 2. The van der Waals surface area contributed by atoms with Gasteiger partial charge in [-0.1, -0.05) is 6.92 Å². The molecule has 78 valence electrons. The highest BCUT2D eigenvalue weighted by Crippen LogP contribution is 2.26. The molecule has 0 radical (unpaired) electrons. The zero-order valence-electron chi connectivity index (χ0n) is 9.58. The van der Waals surface area contributed by atoms with E-state index in [1.54, 1.807) is 0 Å². The summed E-state index contributed by atoms with van der Waals surface area (Å²) in [6, 6.07) is 0.613. The maximum Gasteiger partial charge on any atom is 0.0708 e. The Morgan fingerprint density at radius 1 is 1.31 bits per heavy atom. The zero-order valence-corrected chi connectivity index (χ0v) is 9.58.